The van der Waals surface area contributed by atoms with Gasteiger partial charge in [-0.25, -0.2) is 12.8 Å². The molecule has 0 radical (unpaired) electrons. The highest BCUT2D eigenvalue weighted by molar-refractivity contribution is 7.89. The maximum Gasteiger partial charge on any atom is 0.245 e. The number of sulfonamides is 1. The third-order valence-corrected chi connectivity index (χ3v) is 6.06. The number of nitrogens with zero attached hydrogens (tertiary/aromatic N) is 1. The number of hydrogen-bond acceptors (Lipinski definition) is 2. The third-order valence-electron chi connectivity index (χ3n) is 4.13. The molecule has 5 heteroatoms. The van der Waals surface area contributed by atoms with Crippen LogP contribution >= 0.6 is 0 Å². The summed E-state index contributed by atoms with van der Waals surface area (Å²) in [6.45, 7) is 5.32. The van der Waals surface area contributed by atoms with Crippen LogP contribution in [0.25, 0.3) is 0 Å². The molecule has 0 spiro atoms. The summed E-state index contributed by atoms with van der Waals surface area (Å²) in [5.41, 5.74) is 0. The lowest BCUT2D eigenvalue weighted by Gasteiger charge is -2.21. The minimum atomic E-state index is -3.71. The van der Waals surface area contributed by atoms with Crippen molar-refractivity contribution in [3.63, 3.8) is 0 Å². The molecule has 0 aliphatic carbocycles. The van der Waals surface area contributed by atoms with Crippen molar-refractivity contribution in [1.82, 2.24) is 4.31 Å². The van der Waals surface area contributed by atoms with Gasteiger partial charge in [0.15, 0.2) is 0 Å². The van der Waals surface area contributed by atoms with E-state index in [1.165, 1.54) is 22.5 Å². The highest BCUT2D eigenvalue weighted by atomic mass is 32.2. The quantitative estimate of drug-likeness (QED) is 0.859. The fourth-order valence-electron chi connectivity index (χ4n) is 2.80. The molecule has 1 aliphatic heterocycles. The highest BCUT2D eigenvalue weighted by Gasteiger charge is 2.30. The van der Waals surface area contributed by atoms with Crippen LogP contribution < -0.4 is 0 Å². The minimum absolute atomic E-state index is 0.206. The summed E-state index contributed by atoms with van der Waals surface area (Å²) in [6.07, 6.45) is 2.74. The molecule has 1 aromatic carbocycles. The molecule has 0 aromatic heterocycles. The summed E-state index contributed by atoms with van der Waals surface area (Å²) in [5, 5.41) is 0. The van der Waals surface area contributed by atoms with Crippen LogP contribution in [0.4, 0.5) is 4.39 Å². The van der Waals surface area contributed by atoms with E-state index in [9.17, 15) is 12.8 Å². The van der Waals surface area contributed by atoms with E-state index in [1.54, 1.807) is 6.07 Å². The predicted molar refractivity (Wildman–Crippen MR) is 77.3 cm³/mol. The second kappa shape index (κ2) is 6.22. The molecule has 112 valence electrons. The second-order valence-electron chi connectivity index (χ2n) is 5.77. The van der Waals surface area contributed by atoms with Crippen LogP contribution in [0.5, 0.6) is 0 Å². The van der Waals surface area contributed by atoms with Crippen molar-refractivity contribution in [2.24, 2.45) is 11.8 Å². The van der Waals surface area contributed by atoms with Gasteiger partial charge in [-0.2, -0.15) is 4.31 Å². The molecule has 0 N–H and O–H groups in total. The Morgan fingerprint density at radius 1 is 1.20 bits per heavy atom. The molecule has 2 rings (SSSR count). The van der Waals surface area contributed by atoms with Crippen LogP contribution in [0, 0.1) is 17.7 Å². The maximum absolute atomic E-state index is 13.7. The fraction of sp³-hybridized carbons (Fsp3) is 0.600. The van der Waals surface area contributed by atoms with Gasteiger partial charge in [0.25, 0.3) is 0 Å². The Bertz CT molecular complexity index is 557. The maximum atomic E-state index is 13.7. The Balaban J connectivity index is 2.21. The van der Waals surface area contributed by atoms with E-state index in [0.29, 0.717) is 24.9 Å². The van der Waals surface area contributed by atoms with Crippen molar-refractivity contribution in [3.8, 4) is 0 Å². The molecule has 1 atom stereocenters. The summed E-state index contributed by atoms with van der Waals surface area (Å²) >= 11 is 0. The molecular formula is C15H22FNO2S. The molecule has 1 aromatic rings. The van der Waals surface area contributed by atoms with Gasteiger partial charge < -0.3 is 0 Å². The Morgan fingerprint density at radius 3 is 2.55 bits per heavy atom. The zero-order valence-electron chi connectivity index (χ0n) is 12.0. The topological polar surface area (TPSA) is 37.4 Å². The highest BCUT2D eigenvalue weighted by Crippen LogP contribution is 2.28. The first kappa shape index (κ1) is 15.4. The molecular weight excluding hydrogens is 277 g/mol. The summed E-state index contributed by atoms with van der Waals surface area (Å²) < 4.78 is 40.2. The Hall–Kier alpha value is -0.940. The van der Waals surface area contributed by atoms with Crippen molar-refractivity contribution in [1.29, 1.82) is 0 Å². The van der Waals surface area contributed by atoms with E-state index < -0.39 is 15.8 Å². The van der Waals surface area contributed by atoms with Crippen LogP contribution in [0.2, 0.25) is 0 Å². The predicted octanol–water partition coefficient (Wildman–Crippen LogP) is 3.27. The smallest absolute Gasteiger partial charge is 0.207 e. The zero-order valence-corrected chi connectivity index (χ0v) is 12.9. The number of hydrogen-bond donors (Lipinski definition) is 0. The third kappa shape index (κ3) is 3.20. The van der Waals surface area contributed by atoms with Crippen molar-refractivity contribution < 1.29 is 12.8 Å². The lowest BCUT2D eigenvalue weighted by atomic mass is 9.89. The first-order chi connectivity index (χ1) is 9.43. The van der Waals surface area contributed by atoms with Crippen molar-refractivity contribution in [3.05, 3.63) is 30.1 Å². The van der Waals surface area contributed by atoms with E-state index in [-0.39, 0.29) is 4.90 Å². The largest absolute Gasteiger partial charge is 0.245 e. The monoisotopic (exact) mass is 299 g/mol. The van der Waals surface area contributed by atoms with Crippen molar-refractivity contribution >= 4 is 10.0 Å². The van der Waals surface area contributed by atoms with Crippen LogP contribution in [-0.2, 0) is 10.0 Å². The minimum Gasteiger partial charge on any atom is -0.207 e. The van der Waals surface area contributed by atoms with Gasteiger partial charge in [0.2, 0.25) is 10.0 Å². The number of benzene rings is 1. The van der Waals surface area contributed by atoms with Crippen LogP contribution in [0.1, 0.15) is 33.1 Å². The zero-order chi connectivity index (χ0) is 14.8. The van der Waals surface area contributed by atoms with Gasteiger partial charge in [-0.05, 0) is 43.2 Å². The van der Waals surface area contributed by atoms with Gasteiger partial charge in [0.05, 0.1) is 0 Å². The molecule has 1 saturated heterocycles. The number of rotatable bonds is 3. The average molecular weight is 299 g/mol. The number of halogens is 1. The molecule has 1 fully saturated rings. The molecule has 1 unspecified atom stereocenters. The lowest BCUT2D eigenvalue weighted by molar-refractivity contribution is 0.340. The van der Waals surface area contributed by atoms with Crippen molar-refractivity contribution in [2.45, 2.75) is 38.0 Å². The van der Waals surface area contributed by atoms with Gasteiger partial charge in [-0.15, -0.1) is 0 Å². The summed E-state index contributed by atoms with van der Waals surface area (Å²) in [4.78, 5) is -0.206. The summed E-state index contributed by atoms with van der Waals surface area (Å²) in [6, 6.07) is 5.60. The van der Waals surface area contributed by atoms with E-state index in [1.807, 2.05) is 0 Å². The summed E-state index contributed by atoms with van der Waals surface area (Å²) in [7, 11) is -3.71. The van der Waals surface area contributed by atoms with E-state index >= 15 is 0 Å². The second-order valence-corrected chi connectivity index (χ2v) is 7.68. The Kier molecular flexibility index (Phi) is 4.81. The Morgan fingerprint density at radius 2 is 1.90 bits per heavy atom. The van der Waals surface area contributed by atoms with Gasteiger partial charge >= 0.3 is 0 Å². The fourth-order valence-corrected chi connectivity index (χ4v) is 4.35. The van der Waals surface area contributed by atoms with E-state index in [0.717, 1.165) is 19.3 Å². The molecule has 3 nitrogen and oxygen atoms in total. The average Bonchev–Trinajstić information content (AvgIpc) is 2.65. The molecule has 1 aliphatic rings. The van der Waals surface area contributed by atoms with Crippen LogP contribution in [0.3, 0.4) is 0 Å². The first-order valence-electron chi connectivity index (χ1n) is 7.17. The van der Waals surface area contributed by atoms with Crippen molar-refractivity contribution in [2.75, 3.05) is 13.1 Å². The normalized spacial score (nSPS) is 21.9. The van der Waals surface area contributed by atoms with Crippen LogP contribution in [0.15, 0.2) is 29.2 Å². The van der Waals surface area contributed by atoms with E-state index in [4.69, 9.17) is 0 Å². The molecule has 0 bridgehead atoms. The van der Waals surface area contributed by atoms with Crippen LogP contribution in [-0.4, -0.2) is 25.8 Å². The lowest BCUT2D eigenvalue weighted by Crippen LogP contribution is -2.32. The van der Waals surface area contributed by atoms with Gasteiger partial charge in [-0.3, -0.25) is 0 Å². The Labute approximate surface area is 120 Å². The van der Waals surface area contributed by atoms with Gasteiger partial charge in [-0.1, -0.05) is 26.0 Å². The van der Waals surface area contributed by atoms with Gasteiger partial charge in [0, 0.05) is 13.1 Å². The SMILES string of the molecule is CC(C)C1CCCN(S(=O)(=O)c2ccccc2F)CC1. The molecule has 0 amide bonds. The summed E-state index contributed by atoms with van der Waals surface area (Å²) in [5.74, 6) is 0.444. The molecule has 0 saturated carbocycles. The van der Waals surface area contributed by atoms with Gasteiger partial charge in [0.1, 0.15) is 10.7 Å². The molecule has 1 heterocycles. The first-order valence-corrected chi connectivity index (χ1v) is 8.61. The molecule has 20 heavy (non-hydrogen) atoms. The van der Waals surface area contributed by atoms with E-state index in [2.05, 4.69) is 13.8 Å². The standard InChI is InChI=1S/C15H22FNO2S/c1-12(2)13-6-5-10-17(11-9-13)20(18,19)15-8-4-3-7-14(15)16/h3-4,7-8,12-13H,5-6,9-11H2,1-2H3.